The van der Waals surface area contributed by atoms with Crippen LogP contribution >= 0.6 is 0 Å². The third-order valence-corrected chi connectivity index (χ3v) is 15.8. The first kappa shape index (κ1) is 53.5. The fourth-order valence-electron chi connectivity index (χ4n) is 12.0. The van der Waals surface area contributed by atoms with Crippen LogP contribution in [0.5, 0.6) is 0 Å². The average molecular weight is 1100 g/mol. The van der Waals surface area contributed by atoms with E-state index >= 15 is 0 Å². The van der Waals surface area contributed by atoms with E-state index in [4.69, 9.17) is 9.47 Å². The summed E-state index contributed by atoms with van der Waals surface area (Å²) in [7, 11) is 3.54. The summed E-state index contributed by atoms with van der Waals surface area (Å²) in [5, 5.41) is 0. The van der Waals surface area contributed by atoms with Crippen molar-refractivity contribution < 1.29 is 9.47 Å². The average Bonchev–Trinajstić information content (AvgIpc) is 1.78. The maximum atomic E-state index is 7.10. The number of benzene rings is 12. The quantitative estimate of drug-likeness (QED) is 0.0796. The lowest BCUT2D eigenvalue weighted by atomic mass is 9.89. The number of allylic oxidation sites excluding steroid dienone is 2. The molecule has 0 radical (unpaired) electrons. The van der Waals surface area contributed by atoms with Gasteiger partial charge in [-0.25, -0.2) is 0 Å². The van der Waals surface area contributed by atoms with Gasteiger partial charge in [-0.1, -0.05) is 194 Å². The predicted molar refractivity (Wildman–Crippen MR) is 355 cm³/mol. The molecule has 0 unspecified atom stereocenters. The van der Waals surface area contributed by atoms with Crippen LogP contribution in [0.2, 0.25) is 0 Å². The fourth-order valence-corrected chi connectivity index (χ4v) is 12.0. The Bertz CT molecular complexity index is 3750. The van der Waals surface area contributed by atoms with Gasteiger partial charge in [0.25, 0.3) is 0 Å². The zero-order chi connectivity index (χ0) is 57.4. The minimum absolute atomic E-state index is 0.884. The molecule has 0 amide bonds. The maximum Gasteiger partial charge on any atom is 0.224 e. The lowest BCUT2D eigenvalue weighted by Crippen LogP contribution is -2.35. The smallest absolute Gasteiger partial charge is 0.224 e. The fraction of sp³-hybridized carbons (Fsp3) is 0.0380. The Balaban J connectivity index is 1.05. The Hall–Kier alpha value is -10.8. The molecule has 0 fully saturated rings. The van der Waals surface area contributed by atoms with E-state index < -0.39 is 5.79 Å². The first-order valence-electron chi connectivity index (χ1n) is 28.7. The number of ether oxygens (including phenoxy) is 2. The van der Waals surface area contributed by atoms with E-state index in [0.29, 0.717) is 0 Å². The van der Waals surface area contributed by atoms with Crippen molar-refractivity contribution in [2.45, 2.75) is 5.79 Å². The highest BCUT2D eigenvalue weighted by Gasteiger charge is 2.50. The van der Waals surface area contributed by atoms with Crippen molar-refractivity contribution in [3.05, 3.63) is 362 Å². The van der Waals surface area contributed by atoms with Crippen molar-refractivity contribution in [2.24, 2.45) is 0 Å². The molecule has 0 aromatic heterocycles. The molecule has 0 saturated heterocycles. The first-order chi connectivity index (χ1) is 42.1. The minimum atomic E-state index is -1.43. The second-order valence-corrected chi connectivity index (χ2v) is 20.7. The van der Waals surface area contributed by atoms with Crippen LogP contribution in [-0.2, 0) is 9.47 Å². The zero-order valence-electron chi connectivity index (χ0n) is 47.4. The highest BCUT2D eigenvalue weighted by molar-refractivity contribution is 6.30. The summed E-state index contributed by atoms with van der Waals surface area (Å²) >= 11 is 0. The molecule has 0 N–H and O–H groups in total. The molecule has 1 aliphatic carbocycles. The molecular formula is C79H62N4O2. The molecule has 6 heteroatoms. The van der Waals surface area contributed by atoms with Crippen molar-refractivity contribution in [3.8, 4) is 0 Å². The zero-order valence-corrected chi connectivity index (χ0v) is 47.4. The van der Waals surface area contributed by atoms with Gasteiger partial charge in [0, 0.05) is 93.6 Å². The molecule has 12 aromatic rings. The summed E-state index contributed by atoms with van der Waals surface area (Å²) in [4.78, 5) is 9.18. The van der Waals surface area contributed by atoms with Crippen LogP contribution in [0.3, 0.4) is 0 Å². The van der Waals surface area contributed by atoms with E-state index in [-0.39, 0.29) is 0 Å². The Labute approximate surface area is 498 Å². The van der Waals surface area contributed by atoms with Crippen LogP contribution in [0.4, 0.5) is 68.2 Å². The van der Waals surface area contributed by atoms with Crippen molar-refractivity contribution in [3.63, 3.8) is 0 Å². The van der Waals surface area contributed by atoms with Crippen LogP contribution in [0.1, 0.15) is 22.3 Å². The highest BCUT2D eigenvalue weighted by Crippen LogP contribution is 2.59. The topological polar surface area (TPSA) is 31.4 Å². The molecule has 1 aliphatic rings. The van der Waals surface area contributed by atoms with E-state index in [1.54, 1.807) is 14.2 Å². The number of rotatable bonds is 18. The van der Waals surface area contributed by atoms with Gasteiger partial charge in [0.1, 0.15) is 0 Å². The van der Waals surface area contributed by atoms with Crippen molar-refractivity contribution in [1.29, 1.82) is 0 Å². The molecule has 0 saturated carbocycles. The summed E-state index contributed by atoms with van der Waals surface area (Å²) in [6, 6.07) is 120. The number of hydrogen-bond acceptors (Lipinski definition) is 6. The van der Waals surface area contributed by atoms with Gasteiger partial charge < -0.3 is 29.1 Å². The molecule has 0 spiro atoms. The van der Waals surface area contributed by atoms with Gasteiger partial charge in [-0.3, -0.25) is 0 Å². The number of anilines is 12. The molecule has 0 heterocycles. The second kappa shape index (κ2) is 24.4. The summed E-state index contributed by atoms with van der Waals surface area (Å²) in [6.07, 6.45) is 0. The third kappa shape index (κ3) is 10.6. The number of nitrogens with zero attached hydrogens (tertiary/aromatic N) is 4. The van der Waals surface area contributed by atoms with Gasteiger partial charge in [-0.05, 0) is 179 Å². The van der Waals surface area contributed by atoms with Gasteiger partial charge in [0.15, 0.2) is 0 Å². The number of methoxy groups -OCH3 is 2. The van der Waals surface area contributed by atoms with Crippen LogP contribution in [0.25, 0.3) is 22.3 Å². The highest BCUT2D eigenvalue weighted by atomic mass is 16.7. The Morgan fingerprint density at radius 1 is 0.188 bits per heavy atom. The second-order valence-electron chi connectivity index (χ2n) is 20.7. The normalized spacial score (nSPS) is 12.7. The molecule has 410 valence electrons. The lowest BCUT2D eigenvalue weighted by Gasteiger charge is -2.34. The predicted octanol–water partition coefficient (Wildman–Crippen LogP) is 21.1. The summed E-state index contributed by atoms with van der Waals surface area (Å²) in [6.45, 7) is 0. The van der Waals surface area contributed by atoms with E-state index in [2.05, 4.69) is 359 Å². The molecule has 12 aromatic carbocycles. The Morgan fingerprint density at radius 3 is 0.506 bits per heavy atom. The SMILES string of the molecule is COC1(OC)C(c2ccc(N(c3ccccc3)c3ccccc3)cc2)=C(c2ccc(N(c3ccccc3)c3ccccc3)cc2)C(c2ccc(N(c3ccccc3)c3ccccc3)cc2)=C1c1ccc(N(c2ccccc2)c2ccccc2)cc1. The lowest BCUT2D eigenvalue weighted by molar-refractivity contribution is -0.114. The molecule has 6 nitrogen and oxygen atoms in total. The van der Waals surface area contributed by atoms with Crippen LogP contribution < -0.4 is 19.6 Å². The molecule has 0 atom stereocenters. The number of hydrogen-bond donors (Lipinski definition) is 0. The van der Waals surface area contributed by atoms with Crippen molar-refractivity contribution >= 4 is 90.5 Å². The molecule has 85 heavy (non-hydrogen) atoms. The van der Waals surface area contributed by atoms with Crippen LogP contribution in [0.15, 0.2) is 340 Å². The van der Waals surface area contributed by atoms with Gasteiger partial charge in [0.2, 0.25) is 5.79 Å². The number of para-hydroxylation sites is 8. The maximum absolute atomic E-state index is 7.10. The van der Waals surface area contributed by atoms with E-state index in [9.17, 15) is 0 Å². The van der Waals surface area contributed by atoms with E-state index in [1.807, 2.05) is 0 Å². The monoisotopic (exact) mass is 1100 g/mol. The van der Waals surface area contributed by atoms with Gasteiger partial charge >= 0.3 is 0 Å². The molecule has 0 bridgehead atoms. The Kier molecular flexibility index (Phi) is 15.4. The largest absolute Gasteiger partial charge is 0.345 e. The van der Waals surface area contributed by atoms with E-state index in [1.165, 1.54) is 0 Å². The van der Waals surface area contributed by atoms with Crippen molar-refractivity contribution in [2.75, 3.05) is 33.8 Å². The van der Waals surface area contributed by atoms with E-state index in [0.717, 1.165) is 113 Å². The van der Waals surface area contributed by atoms with Gasteiger partial charge in [0.05, 0.1) is 0 Å². The summed E-state index contributed by atoms with van der Waals surface area (Å²) < 4.78 is 14.2. The standard InChI is InChI=1S/C79H62N4O2/c1-84-79(85-2)77(61-47-55-73(56-48-61)82(67-35-19-7-20-36-67)68-37-21-8-22-38-68)75(59-43-51-71(52-44-59)80(63-27-11-3-12-28-63)64-29-13-4-14-30-64)76(60-45-53-72(54-46-60)81(65-31-15-5-16-32-65)66-33-17-6-18-34-66)78(79)62-49-57-74(58-50-62)83(69-39-23-9-24-40-69)70-41-25-10-26-42-70/h3-58H,1-2H3. The molecule has 0 aliphatic heterocycles. The van der Waals surface area contributed by atoms with Crippen molar-refractivity contribution in [1.82, 2.24) is 0 Å². The third-order valence-electron chi connectivity index (χ3n) is 15.8. The van der Waals surface area contributed by atoms with Gasteiger partial charge in [-0.2, -0.15) is 0 Å². The van der Waals surface area contributed by atoms with Crippen LogP contribution in [-0.4, -0.2) is 20.0 Å². The van der Waals surface area contributed by atoms with Crippen LogP contribution in [0, 0.1) is 0 Å². The molecular weight excluding hydrogens is 1040 g/mol. The summed E-state index contributed by atoms with van der Waals surface area (Å²) in [5.74, 6) is -1.43. The first-order valence-corrected chi connectivity index (χ1v) is 28.7. The minimum Gasteiger partial charge on any atom is -0.345 e. The van der Waals surface area contributed by atoms with Gasteiger partial charge in [-0.15, -0.1) is 0 Å². The molecule has 13 rings (SSSR count). The summed E-state index contributed by atoms with van der Waals surface area (Å²) in [5.41, 5.74) is 20.2. The Morgan fingerprint density at radius 2 is 0.341 bits per heavy atom.